The van der Waals surface area contributed by atoms with Crippen molar-refractivity contribution in [3.63, 3.8) is 0 Å². The number of rotatable bonds is 7. The molecule has 1 fully saturated rings. The van der Waals surface area contributed by atoms with Crippen LogP contribution < -0.4 is 9.64 Å². The Morgan fingerprint density at radius 3 is 2.51 bits per heavy atom. The van der Waals surface area contributed by atoms with Crippen LogP contribution in [-0.4, -0.2) is 46.0 Å². The highest BCUT2D eigenvalue weighted by Gasteiger charge is 2.51. The van der Waals surface area contributed by atoms with Gasteiger partial charge in [-0.1, -0.05) is 35.3 Å². The van der Waals surface area contributed by atoms with Gasteiger partial charge >= 0.3 is 6.03 Å². The van der Waals surface area contributed by atoms with Crippen LogP contribution in [0.2, 0.25) is 10.0 Å². The zero-order valence-electron chi connectivity index (χ0n) is 20.5. The van der Waals surface area contributed by atoms with Crippen molar-refractivity contribution in [3.8, 4) is 11.8 Å². The summed E-state index contributed by atoms with van der Waals surface area (Å²) in [4.78, 5) is 28.9. The summed E-state index contributed by atoms with van der Waals surface area (Å²) in [6.07, 6.45) is 6.26. The molecular formula is C27H25Cl3N4O3. The molecule has 7 nitrogen and oxygen atoms in total. The fraction of sp³-hybridized carbons (Fsp3) is 0.296. The second-order valence-electron chi connectivity index (χ2n) is 9.28. The van der Waals surface area contributed by atoms with Gasteiger partial charge in [-0.15, -0.1) is 0 Å². The first-order chi connectivity index (χ1) is 17.5. The number of halogens is 3. The number of benzene rings is 2. The molecule has 0 aliphatic carbocycles. The Labute approximate surface area is 231 Å². The van der Waals surface area contributed by atoms with Crippen molar-refractivity contribution in [2.45, 2.75) is 38.8 Å². The number of allylic oxidation sites excluding steroid dienone is 2. The lowest BCUT2D eigenvalue weighted by Gasteiger charge is -2.27. The van der Waals surface area contributed by atoms with Gasteiger partial charge in [0.2, 0.25) is 0 Å². The molecule has 0 bridgehead atoms. The summed E-state index contributed by atoms with van der Waals surface area (Å²) in [7, 11) is 0. The number of ether oxygens (including phenoxy) is 1. The van der Waals surface area contributed by atoms with Crippen molar-refractivity contribution in [1.29, 1.82) is 5.26 Å². The molecule has 2 aliphatic rings. The van der Waals surface area contributed by atoms with Gasteiger partial charge < -0.3 is 9.64 Å². The van der Waals surface area contributed by atoms with Gasteiger partial charge in [0.15, 0.2) is 0 Å². The number of carbonyl (C=O) groups excluding carboxylic acids is 2. The maximum absolute atomic E-state index is 13.2. The third-order valence-corrected chi connectivity index (χ3v) is 7.44. The largest absolute Gasteiger partial charge is 0.492 e. The highest BCUT2D eigenvalue weighted by molar-refractivity contribution is 6.33. The lowest BCUT2D eigenvalue weighted by Crippen LogP contribution is -2.44. The summed E-state index contributed by atoms with van der Waals surface area (Å²) in [6, 6.07) is 11.7. The fourth-order valence-electron chi connectivity index (χ4n) is 4.24. The first kappa shape index (κ1) is 26.9. The lowest BCUT2D eigenvalue weighted by molar-refractivity contribution is -0.123. The average molecular weight is 560 g/mol. The highest BCUT2D eigenvalue weighted by atomic mass is 35.5. The smallest absolute Gasteiger partial charge is 0.332 e. The van der Waals surface area contributed by atoms with Crippen LogP contribution in [0.15, 0.2) is 54.8 Å². The molecule has 4 rings (SSSR count). The molecule has 2 aromatic carbocycles. The van der Waals surface area contributed by atoms with Gasteiger partial charge in [0.25, 0.3) is 5.91 Å². The number of carbonyl (C=O) groups is 2. The quantitative estimate of drug-likeness (QED) is 0.216. The number of amides is 3. The minimum Gasteiger partial charge on any atom is -0.492 e. The molecule has 0 spiro atoms. The van der Waals surface area contributed by atoms with Crippen LogP contribution >= 0.6 is 35.0 Å². The maximum Gasteiger partial charge on any atom is 0.332 e. The third-order valence-electron chi connectivity index (χ3n) is 6.41. The molecule has 192 valence electrons. The van der Waals surface area contributed by atoms with Crippen LogP contribution in [-0.2, 0) is 4.79 Å². The van der Waals surface area contributed by atoms with E-state index in [4.69, 9.17) is 45.0 Å². The zero-order valence-corrected chi connectivity index (χ0v) is 22.8. The van der Waals surface area contributed by atoms with Gasteiger partial charge in [-0.05, 0) is 74.7 Å². The number of urea groups is 1. The zero-order chi connectivity index (χ0) is 26.9. The number of hydrogen-bond acceptors (Lipinski definition) is 5. The van der Waals surface area contributed by atoms with Crippen molar-refractivity contribution >= 4 is 58.2 Å². The molecule has 0 saturated carbocycles. The molecule has 37 heavy (non-hydrogen) atoms. The van der Waals surface area contributed by atoms with Crippen molar-refractivity contribution in [2.75, 3.05) is 18.1 Å². The number of nitrogens with zero attached hydrogens (tertiary/aromatic N) is 4. The van der Waals surface area contributed by atoms with E-state index in [0.717, 1.165) is 16.0 Å². The summed E-state index contributed by atoms with van der Waals surface area (Å²) >= 11 is 18.7. The molecule has 10 heteroatoms. The molecule has 2 aromatic rings. The molecule has 0 N–H and O–H groups in total. The maximum atomic E-state index is 13.2. The summed E-state index contributed by atoms with van der Waals surface area (Å²) in [5.74, 6) is 0.172. The monoisotopic (exact) mass is 558 g/mol. The summed E-state index contributed by atoms with van der Waals surface area (Å²) in [5, 5.41) is 9.75. The van der Waals surface area contributed by atoms with Crippen molar-refractivity contribution in [1.82, 2.24) is 9.32 Å². The molecule has 3 amide bonds. The summed E-state index contributed by atoms with van der Waals surface area (Å²) in [6.45, 7) is 6.00. The standard InChI is InChI=1S/C27H25Cl3N4O3/c1-17-13-19(9-11-33(17)30)18-6-8-24(23(29)14-18)37-12-4-10-32-26(36)34(25(35)27(32,2)3)21-7-5-20(16-31)22(28)15-21/h5-9,11,13-15,17H,4,10,12H2,1-3H3. The van der Waals surface area contributed by atoms with Crippen LogP contribution in [0, 0.1) is 11.3 Å². The number of imide groups is 1. The second-order valence-corrected chi connectivity index (χ2v) is 10.5. The predicted octanol–water partition coefficient (Wildman–Crippen LogP) is 6.64. The summed E-state index contributed by atoms with van der Waals surface area (Å²) in [5.41, 5.74) is 1.52. The molecule has 1 saturated heterocycles. The minimum absolute atomic E-state index is 0.0608. The molecule has 1 unspecified atom stereocenters. The third kappa shape index (κ3) is 5.28. The number of hydrogen-bond donors (Lipinski definition) is 0. The molecule has 0 aromatic heterocycles. The van der Waals surface area contributed by atoms with Gasteiger partial charge in [0.1, 0.15) is 17.4 Å². The Morgan fingerprint density at radius 2 is 1.86 bits per heavy atom. The van der Waals surface area contributed by atoms with E-state index >= 15 is 0 Å². The normalized spacial score (nSPS) is 18.8. The van der Waals surface area contributed by atoms with Gasteiger partial charge in [-0.2, -0.15) is 5.26 Å². The van der Waals surface area contributed by atoms with Gasteiger partial charge in [-0.25, -0.2) is 9.69 Å². The van der Waals surface area contributed by atoms with E-state index in [-0.39, 0.29) is 22.5 Å². The van der Waals surface area contributed by atoms with Crippen LogP contribution in [0.5, 0.6) is 5.75 Å². The SMILES string of the molecule is CC1C=C(c2ccc(OCCCN3C(=O)N(c4ccc(C#N)c(Cl)c4)C(=O)C3(C)C)c(Cl)c2)C=CN1Cl. The van der Waals surface area contributed by atoms with Gasteiger partial charge in [0, 0.05) is 24.5 Å². The van der Waals surface area contributed by atoms with Crippen LogP contribution in [0.25, 0.3) is 5.57 Å². The predicted molar refractivity (Wildman–Crippen MR) is 146 cm³/mol. The first-order valence-electron chi connectivity index (χ1n) is 11.7. The van der Waals surface area contributed by atoms with E-state index in [1.807, 2.05) is 49.5 Å². The van der Waals surface area contributed by atoms with Gasteiger partial charge in [-0.3, -0.25) is 9.21 Å². The van der Waals surface area contributed by atoms with E-state index in [2.05, 4.69) is 0 Å². The molecule has 0 radical (unpaired) electrons. The Kier molecular flexibility index (Phi) is 7.75. The van der Waals surface area contributed by atoms with Crippen LogP contribution in [0.1, 0.15) is 38.3 Å². The van der Waals surface area contributed by atoms with E-state index in [1.165, 1.54) is 17.0 Å². The minimum atomic E-state index is -1.05. The van der Waals surface area contributed by atoms with Crippen molar-refractivity contribution in [2.24, 2.45) is 0 Å². The van der Waals surface area contributed by atoms with Crippen LogP contribution in [0.4, 0.5) is 10.5 Å². The van der Waals surface area contributed by atoms with Crippen molar-refractivity contribution < 1.29 is 14.3 Å². The van der Waals surface area contributed by atoms with Crippen molar-refractivity contribution in [3.05, 3.63) is 75.9 Å². The summed E-state index contributed by atoms with van der Waals surface area (Å²) < 4.78 is 7.48. The van der Waals surface area contributed by atoms with Crippen LogP contribution in [0.3, 0.4) is 0 Å². The molecule has 2 aliphatic heterocycles. The molecular weight excluding hydrogens is 535 g/mol. The average Bonchev–Trinajstić information content (AvgIpc) is 3.02. The Bertz CT molecular complexity index is 1350. The molecule has 2 heterocycles. The number of nitriles is 1. The lowest BCUT2D eigenvalue weighted by atomic mass is 10.0. The topological polar surface area (TPSA) is 76.9 Å². The highest BCUT2D eigenvalue weighted by Crippen LogP contribution is 2.34. The van der Waals surface area contributed by atoms with E-state index in [1.54, 1.807) is 24.3 Å². The van der Waals surface area contributed by atoms with E-state index < -0.39 is 11.6 Å². The van der Waals surface area contributed by atoms with E-state index in [0.29, 0.717) is 36.0 Å². The Balaban J connectivity index is 1.38. The number of anilines is 1. The molecule has 1 atom stereocenters. The second kappa shape index (κ2) is 10.7. The Morgan fingerprint density at radius 1 is 1.11 bits per heavy atom. The van der Waals surface area contributed by atoms with E-state index in [9.17, 15) is 9.59 Å². The van der Waals surface area contributed by atoms with Gasteiger partial charge in [0.05, 0.1) is 33.9 Å². The fourth-order valence-corrected chi connectivity index (χ4v) is 4.81. The Hall–Kier alpha value is -3.18. The first-order valence-corrected chi connectivity index (χ1v) is 12.8.